The Balaban J connectivity index is 2.22. The Kier molecular flexibility index (Phi) is 4.53. The molecule has 3 N–H and O–H groups in total. The fourth-order valence-electron chi connectivity index (χ4n) is 2.69. The average Bonchev–Trinajstić information content (AvgIpc) is 2.39. The van der Waals surface area contributed by atoms with Gasteiger partial charge >= 0.3 is 0 Å². The van der Waals surface area contributed by atoms with Crippen molar-refractivity contribution in [3.8, 4) is 0 Å². The maximum absolute atomic E-state index is 13.9. The zero-order valence-electron chi connectivity index (χ0n) is 12.1. The lowest BCUT2D eigenvalue weighted by Crippen LogP contribution is -2.40. The first-order chi connectivity index (χ1) is 9.72. The molecule has 4 nitrogen and oxygen atoms in total. The van der Waals surface area contributed by atoms with Crippen molar-refractivity contribution in [2.75, 3.05) is 5.73 Å². The minimum absolute atomic E-state index is 0.230. The second-order valence-corrected chi connectivity index (χ2v) is 7.54. The summed E-state index contributed by atoms with van der Waals surface area (Å²) in [5, 5.41) is 0. The van der Waals surface area contributed by atoms with Gasteiger partial charge in [-0.3, -0.25) is 0 Å². The van der Waals surface area contributed by atoms with E-state index in [9.17, 15) is 17.2 Å². The molecule has 1 saturated carbocycles. The first kappa shape index (κ1) is 16.2. The van der Waals surface area contributed by atoms with Crippen LogP contribution in [-0.4, -0.2) is 14.5 Å². The van der Waals surface area contributed by atoms with Gasteiger partial charge in [-0.05, 0) is 43.2 Å². The van der Waals surface area contributed by atoms with Gasteiger partial charge in [-0.2, -0.15) is 0 Å². The molecule has 118 valence electrons. The van der Waals surface area contributed by atoms with Crippen LogP contribution in [0.4, 0.5) is 14.5 Å². The second-order valence-electron chi connectivity index (χ2n) is 5.86. The zero-order chi connectivity index (χ0) is 15.8. The number of hydrogen-bond donors (Lipinski definition) is 2. The van der Waals surface area contributed by atoms with E-state index in [1.165, 1.54) is 0 Å². The Morgan fingerprint density at radius 1 is 1.19 bits per heavy atom. The summed E-state index contributed by atoms with van der Waals surface area (Å²) < 4.78 is 54.0. The largest absolute Gasteiger partial charge is 0.394 e. The normalized spacial score (nSPS) is 26.8. The van der Waals surface area contributed by atoms with Crippen LogP contribution in [0.5, 0.6) is 0 Å². The molecule has 0 saturated heterocycles. The highest BCUT2D eigenvalue weighted by molar-refractivity contribution is 7.89. The van der Waals surface area contributed by atoms with Gasteiger partial charge in [0.05, 0.1) is 0 Å². The molecule has 7 heteroatoms. The summed E-state index contributed by atoms with van der Waals surface area (Å²) in [6.07, 6.45) is 2.34. The molecule has 1 aromatic carbocycles. The number of halogens is 2. The maximum atomic E-state index is 13.9. The van der Waals surface area contributed by atoms with Crippen LogP contribution >= 0.6 is 0 Å². The summed E-state index contributed by atoms with van der Waals surface area (Å²) in [5.74, 6) is -1.26. The van der Waals surface area contributed by atoms with Gasteiger partial charge in [0.15, 0.2) is 5.82 Å². The Hall–Kier alpha value is -1.21. The van der Waals surface area contributed by atoms with E-state index in [0.29, 0.717) is 24.7 Å². The molecule has 3 unspecified atom stereocenters. The van der Waals surface area contributed by atoms with Gasteiger partial charge in [-0.1, -0.05) is 13.8 Å². The van der Waals surface area contributed by atoms with E-state index in [1.54, 1.807) is 0 Å². The van der Waals surface area contributed by atoms with Gasteiger partial charge in [-0.25, -0.2) is 21.9 Å². The van der Waals surface area contributed by atoms with Crippen molar-refractivity contribution in [2.24, 2.45) is 11.8 Å². The fourth-order valence-corrected chi connectivity index (χ4v) is 4.07. The van der Waals surface area contributed by atoms with E-state index in [1.807, 2.05) is 0 Å². The van der Waals surface area contributed by atoms with Crippen molar-refractivity contribution in [3.63, 3.8) is 0 Å². The summed E-state index contributed by atoms with van der Waals surface area (Å²) >= 11 is 0. The molecule has 2 rings (SSSR count). The topological polar surface area (TPSA) is 72.2 Å². The molecule has 3 atom stereocenters. The maximum Gasteiger partial charge on any atom is 0.243 e. The van der Waals surface area contributed by atoms with Gasteiger partial charge in [0.2, 0.25) is 10.0 Å². The van der Waals surface area contributed by atoms with Crippen molar-refractivity contribution >= 4 is 15.7 Å². The molecule has 0 aliphatic heterocycles. The van der Waals surface area contributed by atoms with Crippen LogP contribution in [0, 0.1) is 23.5 Å². The molecule has 1 aromatic rings. The number of rotatable bonds is 3. The predicted octanol–water partition coefficient (Wildman–Crippen LogP) is 2.65. The molecule has 0 bridgehead atoms. The van der Waals surface area contributed by atoms with Crippen LogP contribution in [0.2, 0.25) is 0 Å². The third kappa shape index (κ3) is 3.35. The van der Waals surface area contributed by atoms with Crippen LogP contribution in [0.1, 0.15) is 33.1 Å². The SMILES string of the molecule is CC1CCC(NS(=O)(=O)c2ccc(F)c(N)c2F)CC1C. The number of benzene rings is 1. The van der Waals surface area contributed by atoms with Crippen LogP contribution in [-0.2, 0) is 10.0 Å². The van der Waals surface area contributed by atoms with Crippen LogP contribution in [0.3, 0.4) is 0 Å². The monoisotopic (exact) mass is 318 g/mol. The van der Waals surface area contributed by atoms with E-state index < -0.39 is 32.2 Å². The number of sulfonamides is 1. The van der Waals surface area contributed by atoms with Crippen molar-refractivity contribution in [1.82, 2.24) is 4.72 Å². The molecule has 0 spiro atoms. The molecule has 0 heterocycles. The lowest BCUT2D eigenvalue weighted by Gasteiger charge is -2.32. The summed E-state index contributed by atoms with van der Waals surface area (Å²) in [4.78, 5) is -0.604. The van der Waals surface area contributed by atoms with Crippen molar-refractivity contribution in [2.45, 2.75) is 44.0 Å². The summed E-state index contributed by atoms with van der Waals surface area (Å²) in [5.41, 5.74) is 4.44. The predicted molar refractivity (Wildman–Crippen MR) is 77.1 cm³/mol. The van der Waals surface area contributed by atoms with Crippen LogP contribution < -0.4 is 10.5 Å². The van der Waals surface area contributed by atoms with Crippen molar-refractivity contribution < 1.29 is 17.2 Å². The Morgan fingerprint density at radius 3 is 2.48 bits per heavy atom. The summed E-state index contributed by atoms with van der Waals surface area (Å²) in [7, 11) is -4.04. The van der Waals surface area contributed by atoms with Crippen molar-refractivity contribution in [3.05, 3.63) is 23.8 Å². The van der Waals surface area contributed by atoms with E-state index >= 15 is 0 Å². The Bertz CT molecular complexity index is 634. The van der Waals surface area contributed by atoms with Gasteiger partial charge in [-0.15, -0.1) is 0 Å². The molecular formula is C14H20F2N2O2S. The molecule has 0 aromatic heterocycles. The molecule has 21 heavy (non-hydrogen) atoms. The fraction of sp³-hybridized carbons (Fsp3) is 0.571. The average molecular weight is 318 g/mol. The van der Waals surface area contributed by atoms with E-state index in [4.69, 9.17) is 5.73 Å². The Labute approximate surface area is 123 Å². The number of hydrogen-bond acceptors (Lipinski definition) is 3. The third-order valence-corrected chi connectivity index (χ3v) is 5.84. The van der Waals surface area contributed by atoms with E-state index in [-0.39, 0.29) is 6.04 Å². The molecule has 1 aliphatic rings. The first-order valence-electron chi connectivity index (χ1n) is 6.98. The molecular weight excluding hydrogens is 298 g/mol. The highest BCUT2D eigenvalue weighted by Crippen LogP contribution is 2.30. The summed E-state index contributed by atoms with van der Waals surface area (Å²) in [6, 6.07) is 1.53. The third-order valence-electron chi connectivity index (χ3n) is 4.30. The van der Waals surface area contributed by atoms with Gasteiger partial charge in [0, 0.05) is 6.04 Å². The standard InChI is InChI=1S/C14H20F2N2O2S/c1-8-3-4-10(7-9(8)2)18-21(19,20)12-6-5-11(15)14(17)13(12)16/h5-6,8-10,18H,3-4,7,17H2,1-2H3. The molecule has 1 fully saturated rings. The lowest BCUT2D eigenvalue weighted by molar-refractivity contribution is 0.241. The molecule has 0 amide bonds. The highest BCUT2D eigenvalue weighted by Gasteiger charge is 2.30. The van der Waals surface area contributed by atoms with E-state index in [2.05, 4.69) is 18.6 Å². The minimum Gasteiger partial charge on any atom is -0.394 e. The lowest BCUT2D eigenvalue weighted by atomic mass is 9.79. The molecule has 1 aliphatic carbocycles. The number of nitrogens with two attached hydrogens (primary N) is 1. The minimum atomic E-state index is -4.04. The second kappa shape index (κ2) is 5.88. The number of anilines is 1. The van der Waals surface area contributed by atoms with Crippen LogP contribution in [0.15, 0.2) is 17.0 Å². The van der Waals surface area contributed by atoms with Crippen molar-refractivity contribution in [1.29, 1.82) is 0 Å². The quantitative estimate of drug-likeness (QED) is 0.842. The van der Waals surface area contributed by atoms with Gasteiger partial charge in [0.1, 0.15) is 16.4 Å². The number of nitrogens with one attached hydrogen (secondary N) is 1. The Morgan fingerprint density at radius 2 is 1.86 bits per heavy atom. The zero-order valence-corrected chi connectivity index (χ0v) is 12.9. The smallest absolute Gasteiger partial charge is 0.243 e. The van der Waals surface area contributed by atoms with Gasteiger partial charge < -0.3 is 5.73 Å². The highest BCUT2D eigenvalue weighted by atomic mass is 32.2. The van der Waals surface area contributed by atoms with Gasteiger partial charge in [0.25, 0.3) is 0 Å². The van der Waals surface area contributed by atoms with E-state index in [0.717, 1.165) is 18.6 Å². The van der Waals surface area contributed by atoms with Crippen LogP contribution in [0.25, 0.3) is 0 Å². The first-order valence-corrected chi connectivity index (χ1v) is 8.46. The summed E-state index contributed by atoms with van der Waals surface area (Å²) in [6.45, 7) is 4.21. The number of nitrogen functional groups attached to an aromatic ring is 1. The molecule has 0 radical (unpaired) electrons.